The largest absolute Gasteiger partial charge is 0.486 e. The number of carbonyl (C=O) groups is 1. The van der Waals surface area contributed by atoms with E-state index in [2.05, 4.69) is 15.2 Å². The number of alkyl halides is 3. The van der Waals surface area contributed by atoms with Crippen LogP contribution < -0.4 is 9.47 Å². The van der Waals surface area contributed by atoms with E-state index < -0.39 is 23.3 Å². The van der Waals surface area contributed by atoms with Crippen molar-refractivity contribution in [3.05, 3.63) is 59.9 Å². The quantitative estimate of drug-likeness (QED) is 0.590. The molecule has 30 heavy (non-hydrogen) atoms. The average molecular weight is 421 g/mol. The number of halogens is 3. The lowest BCUT2D eigenvalue weighted by molar-refractivity contribution is -0.152. The van der Waals surface area contributed by atoms with Crippen molar-refractivity contribution in [3.63, 3.8) is 0 Å². The highest BCUT2D eigenvalue weighted by Crippen LogP contribution is 2.30. The molecule has 0 unspecified atom stereocenters. The van der Waals surface area contributed by atoms with Gasteiger partial charge in [-0.25, -0.2) is 9.78 Å². The molecule has 2 aromatic carbocycles. The maximum atomic E-state index is 12.6. The van der Waals surface area contributed by atoms with E-state index in [9.17, 15) is 18.0 Å². The van der Waals surface area contributed by atoms with E-state index in [1.165, 1.54) is 26.0 Å². The van der Waals surface area contributed by atoms with Crippen molar-refractivity contribution in [3.8, 4) is 22.9 Å². The number of rotatable bonds is 7. The molecule has 0 bridgehead atoms. The fourth-order valence-electron chi connectivity index (χ4n) is 2.39. The van der Waals surface area contributed by atoms with Gasteiger partial charge in [0, 0.05) is 5.56 Å². The first-order valence-corrected chi connectivity index (χ1v) is 8.79. The Bertz CT molecular complexity index is 1010. The van der Waals surface area contributed by atoms with E-state index in [1.807, 2.05) is 0 Å². The first-order valence-electron chi connectivity index (χ1n) is 8.79. The topological polar surface area (TPSA) is 97.3 Å². The van der Waals surface area contributed by atoms with Crippen molar-refractivity contribution in [2.45, 2.75) is 32.2 Å². The number of aromatic nitrogens is 3. The summed E-state index contributed by atoms with van der Waals surface area (Å²) in [5, 5.41) is 15.7. The van der Waals surface area contributed by atoms with Gasteiger partial charge in [-0.05, 0) is 50.2 Å². The predicted octanol–water partition coefficient (Wildman–Crippen LogP) is 4.31. The summed E-state index contributed by atoms with van der Waals surface area (Å²) < 4.78 is 48.9. The predicted molar refractivity (Wildman–Crippen MR) is 99.9 cm³/mol. The summed E-state index contributed by atoms with van der Waals surface area (Å²) in [6.45, 7) is 2.93. The Morgan fingerprint density at radius 3 is 2.20 bits per heavy atom. The van der Waals surface area contributed by atoms with Crippen LogP contribution >= 0.6 is 0 Å². The Morgan fingerprint density at radius 1 is 1.03 bits per heavy atom. The first kappa shape index (κ1) is 21.2. The second-order valence-corrected chi connectivity index (χ2v) is 6.86. The minimum absolute atomic E-state index is 0.0501. The molecule has 158 valence electrons. The molecule has 0 radical (unpaired) electrons. The van der Waals surface area contributed by atoms with E-state index in [0.717, 1.165) is 12.1 Å². The van der Waals surface area contributed by atoms with Crippen LogP contribution in [0.15, 0.2) is 48.5 Å². The first-order chi connectivity index (χ1) is 14.0. The summed E-state index contributed by atoms with van der Waals surface area (Å²) in [5.41, 5.74) is -1.67. The van der Waals surface area contributed by atoms with Crippen LogP contribution in [0.2, 0.25) is 0 Å². The van der Waals surface area contributed by atoms with Crippen LogP contribution in [0.3, 0.4) is 0 Å². The number of carboxylic acids is 1. The third-order valence-electron chi connectivity index (χ3n) is 4.09. The van der Waals surface area contributed by atoms with Gasteiger partial charge < -0.3 is 14.6 Å². The van der Waals surface area contributed by atoms with Crippen LogP contribution in [0.25, 0.3) is 11.4 Å². The van der Waals surface area contributed by atoms with Crippen molar-refractivity contribution in [2.75, 3.05) is 0 Å². The summed E-state index contributed by atoms with van der Waals surface area (Å²) in [5.74, 6) is 0.415. The maximum absolute atomic E-state index is 12.6. The van der Waals surface area contributed by atoms with Gasteiger partial charge >= 0.3 is 12.1 Å². The molecule has 10 heteroatoms. The summed E-state index contributed by atoms with van der Waals surface area (Å²) in [7, 11) is 0. The third-order valence-corrected chi connectivity index (χ3v) is 4.09. The molecular formula is C20H18F3N3O4. The zero-order valence-corrected chi connectivity index (χ0v) is 16.0. The Labute approximate surface area is 169 Å². The number of hydrogen-bond donors (Lipinski definition) is 2. The van der Waals surface area contributed by atoms with Gasteiger partial charge in [-0.3, -0.25) is 5.10 Å². The Hall–Kier alpha value is -3.56. The summed E-state index contributed by atoms with van der Waals surface area (Å²) >= 11 is 0. The molecule has 7 nitrogen and oxygen atoms in total. The van der Waals surface area contributed by atoms with Crippen LogP contribution in [0.5, 0.6) is 11.5 Å². The van der Waals surface area contributed by atoms with Gasteiger partial charge in [-0.2, -0.15) is 18.3 Å². The van der Waals surface area contributed by atoms with E-state index >= 15 is 0 Å². The average Bonchev–Trinajstić information content (AvgIpc) is 3.15. The van der Waals surface area contributed by atoms with E-state index in [-0.39, 0.29) is 12.4 Å². The van der Waals surface area contributed by atoms with E-state index in [1.54, 1.807) is 24.3 Å². The highest BCUT2D eigenvalue weighted by atomic mass is 19.4. The third kappa shape index (κ3) is 5.07. The van der Waals surface area contributed by atoms with E-state index in [4.69, 9.17) is 14.6 Å². The summed E-state index contributed by atoms with van der Waals surface area (Å²) in [6.07, 6.45) is -4.40. The molecule has 0 saturated heterocycles. The van der Waals surface area contributed by atoms with Crippen LogP contribution in [0.4, 0.5) is 13.2 Å². The molecule has 0 saturated carbocycles. The van der Waals surface area contributed by atoms with Gasteiger partial charge in [0.1, 0.15) is 18.1 Å². The van der Waals surface area contributed by atoms with Gasteiger partial charge in [-0.1, -0.05) is 12.1 Å². The van der Waals surface area contributed by atoms with Gasteiger partial charge in [0.15, 0.2) is 17.2 Å². The fraction of sp³-hybridized carbons (Fsp3) is 0.250. The Balaban J connectivity index is 1.60. The zero-order chi connectivity index (χ0) is 21.9. The van der Waals surface area contributed by atoms with Crippen LogP contribution in [0.1, 0.15) is 25.2 Å². The molecule has 3 rings (SSSR count). The molecule has 0 spiro atoms. The molecule has 0 aliphatic heterocycles. The highest BCUT2D eigenvalue weighted by Gasteiger charge is 2.30. The van der Waals surface area contributed by atoms with Crippen LogP contribution in [0, 0.1) is 0 Å². The van der Waals surface area contributed by atoms with Crippen molar-refractivity contribution in [1.29, 1.82) is 0 Å². The van der Waals surface area contributed by atoms with Crippen molar-refractivity contribution >= 4 is 5.97 Å². The molecule has 3 aromatic rings. The summed E-state index contributed by atoms with van der Waals surface area (Å²) in [4.78, 5) is 15.3. The number of aromatic amines is 1. The molecule has 0 fully saturated rings. The van der Waals surface area contributed by atoms with Crippen LogP contribution in [-0.2, 0) is 17.6 Å². The van der Waals surface area contributed by atoms with Gasteiger partial charge in [0.05, 0.1) is 5.56 Å². The number of nitrogens with one attached hydrogen (secondary N) is 1. The summed E-state index contributed by atoms with van der Waals surface area (Å²) in [6, 6.07) is 10.9. The number of nitrogens with zero attached hydrogens (tertiary/aromatic N) is 2. The second-order valence-electron chi connectivity index (χ2n) is 6.86. The number of hydrogen-bond acceptors (Lipinski definition) is 5. The molecular weight excluding hydrogens is 403 g/mol. The minimum atomic E-state index is -4.40. The number of H-pyrrole nitrogens is 1. The van der Waals surface area contributed by atoms with Crippen LogP contribution in [-0.4, -0.2) is 31.9 Å². The lowest BCUT2D eigenvalue weighted by Gasteiger charge is -2.21. The fourth-order valence-corrected chi connectivity index (χ4v) is 2.39. The second kappa shape index (κ2) is 8.05. The van der Waals surface area contributed by atoms with E-state index in [0.29, 0.717) is 22.9 Å². The number of ether oxygens (including phenoxy) is 2. The smallest absolute Gasteiger partial charge is 0.416 e. The van der Waals surface area contributed by atoms with Crippen molar-refractivity contribution < 1.29 is 32.5 Å². The zero-order valence-electron chi connectivity index (χ0n) is 16.0. The standard InChI is InChI=1S/C20H18F3N3O4/c1-19(2,18(27)28)30-15-9-7-14(8-10-15)29-11-16-24-17(26-25-16)12-3-5-13(6-4-12)20(21,22)23/h3-10H,11H2,1-2H3,(H,27,28)(H,24,25,26). The molecule has 2 N–H and O–H groups in total. The lowest BCUT2D eigenvalue weighted by atomic mass is 10.1. The SMILES string of the molecule is CC(C)(Oc1ccc(OCc2nc(-c3ccc(C(F)(F)F)cc3)n[nH]2)cc1)C(=O)O. The number of carboxylic acid groups (broad SMARTS) is 1. The van der Waals surface area contributed by atoms with Gasteiger partial charge in [-0.15, -0.1) is 0 Å². The molecule has 0 aliphatic carbocycles. The van der Waals surface area contributed by atoms with Gasteiger partial charge in [0.25, 0.3) is 0 Å². The monoisotopic (exact) mass is 421 g/mol. The van der Waals surface area contributed by atoms with Gasteiger partial charge in [0.2, 0.25) is 0 Å². The molecule has 1 aromatic heterocycles. The molecule has 0 amide bonds. The highest BCUT2D eigenvalue weighted by molar-refractivity contribution is 5.76. The van der Waals surface area contributed by atoms with Crippen molar-refractivity contribution in [2.24, 2.45) is 0 Å². The van der Waals surface area contributed by atoms with Crippen molar-refractivity contribution in [1.82, 2.24) is 15.2 Å². The molecule has 0 atom stereocenters. The molecule has 1 heterocycles. The minimum Gasteiger partial charge on any atom is -0.486 e. The normalized spacial score (nSPS) is 11.9. The lowest BCUT2D eigenvalue weighted by Crippen LogP contribution is -2.37. The Kier molecular flexibility index (Phi) is 5.68. The maximum Gasteiger partial charge on any atom is 0.416 e. The number of benzene rings is 2. The number of aliphatic carboxylic acids is 1. The molecule has 0 aliphatic rings. The Morgan fingerprint density at radius 2 is 1.63 bits per heavy atom.